The zero-order valence-corrected chi connectivity index (χ0v) is 22.1. The van der Waals surface area contributed by atoms with Gasteiger partial charge >= 0.3 is 0 Å². The highest BCUT2D eigenvalue weighted by atomic mass is 32.1. The van der Waals surface area contributed by atoms with Crippen molar-refractivity contribution in [3.63, 3.8) is 0 Å². The fourth-order valence-corrected chi connectivity index (χ4v) is 7.26. The van der Waals surface area contributed by atoms with Crippen LogP contribution in [0.15, 0.2) is 30.9 Å². The van der Waals surface area contributed by atoms with Gasteiger partial charge in [0.1, 0.15) is 17.2 Å². The van der Waals surface area contributed by atoms with Crippen LogP contribution in [0, 0.1) is 28.4 Å². The van der Waals surface area contributed by atoms with Gasteiger partial charge in [0.15, 0.2) is 5.13 Å². The van der Waals surface area contributed by atoms with Crippen molar-refractivity contribution in [1.82, 2.24) is 9.88 Å². The Morgan fingerprint density at radius 1 is 1.32 bits per heavy atom. The number of aromatic nitrogens is 1. The minimum absolute atomic E-state index is 0.0958. The van der Waals surface area contributed by atoms with E-state index >= 15 is 0 Å². The number of likely N-dealkylation sites (N-methyl/N-ethyl adjacent to an activating group) is 1. The van der Waals surface area contributed by atoms with Crippen molar-refractivity contribution in [1.29, 1.82) is 0 Å². The van der Waals surface area contributed by atoms with E-state index in [-0.39, 0.29) is 35.9 Å². The van der Waals surface area contributed by atoms with Crippen molar-refractivity contribution in [3.8, 4) is 0 Å². The highest BCUT2D eigenvalue weighted by molar-refractivity contribution is 7.15. The maximum atomic E-state index is 14.2. The number of aliphatic hydroxyl groups is 2. The molecule has 2 aliphatic rings. The molecule has 10 heteroatoms. The Kier molecular flexibility index (Phi) is 7.56. The first-order valence-electron chi connectivity index (χ1n) is 12.3. The Morgan fingerprint density at radius 2 is 2.00 bits per heavy atom. The molecule has 0 unspecified atom stereocenters. The molecule has 0 saturated heterocycles. The van der Waals surface area contributed by atoms with E-state index in [4.69, 9.17) is 0 Å². The molecule has 0 aliphatic heterocycles. The second kappa shape index (κ2) is 10.2. The second-order valence-electron chi connectivity index (χ2n) is 10.7. The van der Waals surface area contributed by atoms with Gasteiger partial charge in [0.05, 0.1) is 18.4 Å². The van der Waals surface area contributed by atoms with Gasteiger partial charge in [-0.15, -0.1) is 17.9 Å². The van der Waals surface area contributed by atoms with Gasteiger partial charge in [0.2, 0.25) is 5.91 Å². The van der Waals surface area contributed by atoms with Gasteiger partial charge in [-0.05, 0) is 42.7 Å². The van der Waals surface area contributed by atoms with Crippen LogP contribution in [-0.2, 0) is 11.2 Å². The van der Waals surface area contributed by atoms with E-state index in [9.17, 15) is 28.6 Å². The molecule has 1 fully saturated rings. The van der Waals surface area contributed by atoms with E-state index < -0.39 is 40.0 Å². The highest BCUT2D eigenvalue weighted by Gasteiger charge is 2.59. The van der Waals surface area contributed by atoms with Crippen LogP contribution >= 0.6 is 11.3 Å². The number of nitrogens with one attached hydrogen (secondary N) is 1. The van der Waals surface area contributed by atoms with Gasteiger partial charge in [0, 0.05) is 36.2 Å². The van der Waals surface area contributed by atoms with Crippen molar-refractivity contribution in [2.75, 3.05) is 25.5 Å². The standard InChI is InChI=1S/C27H33F2N3O4S/c1-5-11-32(4)21(35)12-15-23-18(13-19-26(15,2)10-9-20(34)27(19,3)14-33)37-25(30-23)31-24(36)22-16(28)7-6-8-17(22)29/h5-8,15,19-20,33-34H,1,9-14H2,2-4H3,(H,30,31,36)/t15-,19+,20-,26+,27+/m1/s1. The number of benzene rings is 1. The molecule has 0 radical (unpaired) electrons. The fraction of sp³-hybridized carbons (Fsp3) is 0.519. The Balaban J connectivity index is 1.74. The number of amides is 2. The molecule has 3 N–H and O–H groups in total. The minimum Gasteiger partial charge on any atom is -0.396 e. The molecule has 37 heavy (non-hydrogen) atoms. The van der Waals surface area contributed by atoms with Crippen molar-refractivity contribution < 1.29 is 28.6 Å². The normalized spacial score (nSPS) is 28.7. The summed E-state index contributed by atoms with van der Waals surface area (Å²) in [5, 5.41) is 24.0. The monoisotopic (exact) mass is 533 g/mol. The maximum absolute atomic E-state index is 14.2. The van der Waals surface area contributed by atoms with E-state index in [1.807, 2.05) is 6.92 Å². The van der Waals surface area contributed by atoms with Crippen molar-refractivity contribution >= 4 is 28.3 Å². The van der Waals surface area contributed by atoms with Gasteiger partial charge in [-0.3, -0.25) is 14.9 Å². The first-order valence-corrected chi connectivity index (χ1v) is 13.2. The third-order valence-corrected chi connectivity index (χ3v) is 9.52. The molecule has 1 aromatic carbocycles. The summed E-state index contributed by atoms with van der Waals surface area (Å²) in [6.07, 6.45) is 2.71. The largest absolute Gasteiger partial charge is 0.396 e. The fourth-order valence-electron chi connectivity index (χ4n) is 6.20. The maximum Gasteiger partial charge on any atom is 0.263 e. The first kappa shape index (κ1) is 27.3. The minimum atomic E-state index is -0.973. The van der Waals surface area contributed by atoms with Gasteiger partial charge < -0.3 is 15.1 Å². The Labute approximate surface area is 219 Å². The smallest absolute Gasteiger partial charge is 0.263 e. The summed E-state index contributed by atoms with van der Waals surface area (Å²) < 4.78 is 28.3. The van der Waals surface area contributed by atoms with Gasteiger partial charge in [-0.1, -0.05) is 26.0 Å². The lowest BCUT2D eigenvalue weighted by Crippen LogP contribution is -2.57. The van der Waals surface area contributed by atoms with Crippen molar-refractivity contribution in [3.05, 3.63) is 58.6 Å². The van der Waals surface area contributed by atoms with Crippen LogP contribution in [0.5, 0.6) is 0 Å². The summed E-state index contributed by atoms with van der Waals surface area (Å²) in [4.78, 5) is 33.0. The van der Waals surface area contributed by atoms with Crippen LogP contribution in [0.1, 0.15) is 60.0 Å². The zero-order valence-electron chi connectivity index (χ0n) is 21.3. The van der Waals surface area contributed by atoms with Gasteiger partial charge in [0.25, 0.3) is 5.91 Å². The summed E-state index contributed by atoms with van der Waals surface area (Å²) in [5.41, 5.74) is -1.26. The summed E-state index contributed by atoms with van der Waals surface area (Å²) in [5.74, 6) is -3.48. The number of carbonyl (C=O) groups is 2. The molecule has 2 aromatic rings. The lowest BCUT2D eigenvalue weighted by molar-refractivity contribution is -0.146. The number of halogens is 2. The van der Waals surface area contributed by atoms with E-state index in [1.165, 1.54) is 17.4 Å². The number of rotatable bonds is 7. The number of hydrogen-bond donors (Lipinski definition) is 3. The third-order valence-electron chi connectivity index (χ3n) is 8.51. The molecule has 7 nitrogen and oxygen atoms in total. The average molecular weight is 534 g/mol. The predicted molar refractivity (Wildman–Crippen MR) is 137 cm³/mol. The molecule has 0 bridgehead atoms. The molecule has 4 rings (SSSR count). The van der Waals surface area contributed by atoms with E-state index in [2.05, 4.69) is 23.8 Å². The number of nitrogens with zero attached hydrogens (tertiary/aromatic N) is 2. The van der Waals surface area contributed by atoms with Crippen LogP contribution in [0.2, 0.25) is 0 Å². The molecule has 0 spiro atoms. The quantitative estimate of drug-likeness (QED) is 0.465. The van der Waals surface area contributed by atoms with Crippen LogP contribution < -0.4 is 5.32 Å². The summed E-state index contributed by atoms with van der Waals surface area (Å²) in [6, 6.07) is 3.21. The average Bonchev–Trinajstić information content (AvgIpc) is 3.24. The van der Waals surface area contributed by atoms with Crippen molar-refractivity contribution in [2.24, 2.45) is 16.7 Å². The molecule has 2 aliphatic carbocycles. The lowest BCUT2D eigenvalue weighted by Gasteiger charge is -2.58. The molecule has 1 aromatic heterocycles. The molecular formula is C27H33F2N3O4S. The topological polar surface area (TPSA) is 103 Å². The molecule has 1 saturated carbocycles. The Hall–Kier alpha value is -2.69. The Morgan fingerprint density at radius 3 is 2.62 bits per heavy atom. The number of hydrogen-bond acceptors (Lipinski definition) is 6. The number of aliphatic hydroxyl groups excluding tert-OH is 2. The molecule has 1 heterocycles. The van der Waals surface area contributed by atoms with E-state index in [0.29, 0.717) is 31.5 Å². The molecule has 200 valence electrons. The number of carbonyl (C=O) groups excluding carboxylic acids is 2. The second-order valence-corrected chi connectivity index (χ2v) is 11.8. The Bertz CT molecular complexity index is 1200. The number of anilines is 1. The van der Waals surface area contributed by atoms with Crippen LogP contribution in [-0.4, -0.2) is 58.2 Å². The first-order chi connectivity index (χ1) is 17.5. The summed E-state index contributed by atoms with van der Waals surface area (Å²) >= 11 is 1.19. The van der Waals surface area contributed by atoms with E-state index in [1.54, 1.807) is 18.0 Å². The van der Waals surface area contributed by atoms with Crippen molar-refractivity contribution in [2.45, 2.75) is 51.6 Å². The zero-order chi connectivity index (χ0) is 27.1. The van der Waals surface area contributed by atoms with Crippen LogP contribution in [0.4, 0.5) is 13.9 Å². The summed E-state index contributed by atoms with van der Waals surface area (Å²) in [6.45, 7) is 7.83. The lowest BCUT2D eigenvalue weighted by atomic mass is 9.47. The highest BCUT2D eigenvalue weighted by Crippen LogP contribution is 2.62. The van der Waals surface area contributed by atoms with E-state index in [0.717, 1.165) is 17.0 Å². The van der Waals surface area contributed by atoms with Crippen LogP contribution in [0.25, 0.3) is 0 Å². The third kappa shape index (κ3) is 4.70. The number of fused-ring (bicyclic) bond motifs is 2. The predicted octanol–water partition coefficient (Wildman–Crippen LogP) is 4.12. The van der Waals surface area contributed by atoms with Gasteiger partial charge in [-0.25, -0.2) is 13.8 Å². The summed E-state index contributed by atoms with van der Waals surface area (Å²) in [7, 11) is 1.70. The molecule has 2 amide bonds. The van der Waals surface area contributed by atoms with Crippen LogP contribution in [0.3, 0.4) is 0 Å². The number of thiazole rings is 1. The molecular weight excluding hydrogens is 500 g/mol. The van der Waals surface area contributed by atoms with Gasteiger partial charge in [-0.2, -0.15) is 0 Å². The molecule has 5 atom stereocenters. The SMILES string of the molecule is C=CCN(C)C(=O)C[C@@H]1c2nc(NC(=O)c3c(F)cccc3F)sc2C[C@@H]2[C@](C)(CO)[C@H](O)CC[C@]21C.